The molecule has 326 valence electrons. The van der Waals surface area contributed by atoms with Crippen molar-refractivity contribution in [1.82, 2.24) is 0 Å². The average Bonchev–Trinajstić information content (AvgIpc) is 3.73. The lowest BCUT2D eigenvalue weighted by atomic mass is 9.67. The van der Waals surface area contributed by atoms with E-state index in [1.54, 1.807) is 0 Å². The van der Waals surface area contributed by atoms with Crippen molar-refractivity contribution in [2.45, 2.75) is 43.0 Å². The molecule has 0 saturated carbocycles. The van der Waals surface area contributed by atoms with Crippen LogP contribution in [0.3, 0.4) is 0 Å². The molecule has 2 atom stereocenters. The van der Waals surface area contributed by atoms with Gasteiger partial charge in [-0.15, -0.1) is 4.91 Å². The van der Waals surface area contributed by atoms with Gasteiger partial charge in [-0.3, -0.25) is 0 Å². The molecule has 12 aromatic carbocycles. The third-order valence-electron chi connectivity index (χ3n) is 14.8. The fraction of sp³-hybridized carbons (Fsp3) is 0.111. The van der Waals surface area contributed by atoms with Crippen molar-refractivity contribution >= 4 is 86.2 Å². The molecule has 0 amide bonds. The number of benzene rings is 12. The molecule has 1 aliphatic rings. The quantitative estimate of drug-likeness (QED) is 0.128. The van der Waals surface area contributed by atoms with Crippen LogP contribution in [0.25, 0.3) is 86.2 Å². The second-order valence-corrected chi connectivity index (χ2v) is 18.9. The second kappa shape index (κ2) is 15.1. The first-order chi connectivity index (χ1) is 33.3. The first kappa shape index (κ1) is 40.5. The Morgan fingerprint density at radius 3 is 0.941 bits per heavy atom. The maximum atomic E-state index is 15.4. The van der Waals surface area contributed by atoms with Gasteiger partial charge in [0.2, 0.25) is 0 Å². The molecule has 12 aromatic rings. The zero-order chi connectivity index (χ0) is 45.8. The Kier molecular flexibility index (Phi) is 8.99. The van der Waals surface area contributed by atoms with Gasteiger partial charge in [-0.1, -0.05) is 199 Å². The predicted octanol–water partition coefficient (Wildman–Crippen LogP) is 15.4. The summed E-state index contributed by atoms with van der Waals surface area (Å²) in [5.74, 6) is -1.32. The van der Waals surface area contributed by atoms with Crippen LogP contribution < -0.4 is 0 Å². The number of hydrogen-bond donors (Lipinski definition) is 1. The summed E-state index contributed by atoms with van der Waals surface area (Å²) in [7, 11) is 0. The van der Waals surface area contributed by atoms with E-state index in [1.807, 2.05) is 98.8 Å². The fourth-order valence-electron chi connectivity index (χ4n) is 11.9. The lowest BCUT2D eigenvalue weighted by Crippen LogP contribution is -2.54. The molecule has 1 heterocycles. The summed E-state index contributed by atoms with van der Waals surface area (Å²) in [6, 6.07) is 74.7. The van der Waals surface area contributed by atoms with Crippen LogP contribution in [0.2, 0.25) is 0 Å². The van der Waals surface area contributed by atoms with Crippen LogP contribution in [0.1, 0.15) is 36.1 Å². The highest BCUT2D eigenvalue weighted by molar-refractivity contribution is 6.14. The molecule has 2 unspecified atom stereocenters. The van der Waals surface area contributed by atoms with Crippen LogP contribution >= 0.6 is 0 Å². The molecule has 5 heteroatoms. The van der Waals surface area contributed by atoms with Crippen LogP contribution in [0.15, 0.2) is 224 Å². The van der Waals surface area contributed by atoms with Crippen LogP contribution in [0.4, 0.5) is 0 Å². The molecule has 5 nitrogen and oxygen atoms in total. The number of nitrogens with zero attached hydrogens (tertiary/aromatic N) is 1. The monoisotopic (exact) mass is 879 g/mol. The molecule has 1 fully saturated rings. The molecule has 0 radical (unpaired) electrons. The van der Waals surface area contributed by atoms with Crippen molar-refractivity contribution in [2.75, 3.05) is 0 Å². The number of hydrogen-bond acceptors (Lipinski definition) is 5. The third-order valence-corrected chi connectivity index (χ3v) is 14.8. The molecular weight excluding hydrogens is 835 g/mol. The standard InChI is InChI=1S/C63H45NO4/c1-61(2)67-59(62(64-66,55-35-39-19-3-7-23-43(39)47-27-11-15-31-51(47)55)56-36-40-20-4-8-24-44(40)48-28-12-16-32-52(48)56)60(68-61)63(65,57-37-41-21-5-9-25-45(41)49-29-13-17-33-53(49)57)58-38-42-22-6-10-26-46(42)50-30-14-18-34-54(50)58/h3-38,59-60,65H,1-2H3. The molecular formula is C63H45NO4. The summed E-state index contributed by atoms with van der Waals surface area (Å²) in [5, 5.41) is 35.1. The van der Waals surface area contributed by atoms with Gasteiger partial charge < -0.3 is 14.6 Å². The smallest absolute Gasteiger partial charge is 0.182 e. The van der Waals surface area contributed by atoms with E-state index in [1.165, 1.54) is 0 Å². The molecule has 68 heavy (non-hydrogen) atoms. The van der Waals surface area contributed by atoms with Crippen molar-refractivity contribution in [1.29, 1.82) is 0 Å². The minimum atomic E-state index is -2.00. The molecule has 0 aliphatic carbocycles. The van der Waals surface area contributed by atoms with E-state index in [9.17, 15) is 0 Å². The average molecular weight is 880 g/mol. The molecule has 1 saturated heterocycles. The molecule has 0 bridgehead atoms. The number of ether oxygens (including phenoxy) is 2. The van der Waals surface area contributed by atoms with Crippen LogP contribution in [-0.4, -0.2) is 23.1 Å². The van der Waals surface area contributed by atoms with Gasteiger partial charge in [0.25, 0.3) is 0 Å². The zero-order valence-electron chi connectivity index (χ0n) is 37.6. The number of aliphatic hydroxyl groups is 1. The van der Waals surface area contributed by atoms with E-state index in [0.717, 1.165) is 86.2 Å². The molecule has 13 rings (SSSR count). The Balaban J connectivity index is 1.23. The summed E-state index contributed by atoms with van der Waals surface area (Å²) in [6.45, 7) is 3.76. The van der Waals surface area contributed by atoms with Crippen molar-refractivity contribution in [3.63, 3.8) is 0 Å². The van der Waals surface area contributed by atoms with Gasteiger partial charge >= 0.3 is 0 Å². The lowest BCUT2D eigenvalue weighted by Gasteiger charge is -2.43. The van der Waals surface area contributed by atoms with E-state index in [2.05, 4.69) is 139 Å². The van der Waals surface area contributed by atoms with Gasteiger partial charge in [0.05, 0.1) is 0 Å². The maximum absolute atomic E-state index is 15.4. The second-order valence-electron chi connectivity index (χ2n) is 18.9. The highest BCUT2D eigenvalue weighted by atomic mass is 16.8. The maximum Gasteiger partial charge on any atom is 0.182 e. The number of fused-ring (bicyclic) bond motifs is 12. The van der Waals surface area contributed by atoms with Crippen molar-refractivity contribution in [3.8, 4) is 0 Å². The molecule has 0 aromatic heterocycles. The van der Waals surface area contributed by atoms with Crippen molar-refractivity contribution < 1.29 is 14.6 Å². The van der Waals surface area contributed by atoms with Gasteiger partial charge in [-0.2, -0.15) is 0 Å². The van der Waals surface area contributed by atoms with Gasteiger partial charge in [-0.05, 0) is 147 Å². The number of rotatable bonds is 7. The molecule has 0 spiro atoms. The van der Waals surface area contributed by atoms with E-state index >= 15 is 10.0 Å². The summed E-state index contributed by atoms with van der Waals surface area (Å²) >= 11 is 0. The molecule has 1 aliphatic heterocycles. The SMILES string of the molecule is CC1(C)OC(C(O)(c2cc3ccccc3c3ccccc23)c2cc3ccccc3c3ccccc23)C(C(N=O)(c2cc3ccccc3c3ccccc23)c2cc3ccccc3c3ccccc23)O1. The van der Waals surface area contributed by atoms with E-state index in [0.29, 0.717) is 22.3 Å². The Morgan fingerprint density at radius 1 is 0.368 bits per heavy atom. The Hall–Kier alpha value is -7.80. The zero-order valence-corrected chi connectivity index (χ0v) is 37.6. The normalized spacial score (nSPS) is 16.5. The van der Waals surface area contributed by atoms with Crippen LogP contribution in [0.5, 0.6) is 0 Å². The summed E-state index contributed by atoms with van der Waals surface area (Å²) in [6.07, 6.45) is -2.48. The van der Waals surface area contributed by atoms with Gasteiger partial charge in [0.1, 0.15) is 17.8 Å². The third kappa shape index (κ3) is 5.80. The van der Waals surface area contributed by atoms with Crippen molar-refractivity contribution in [2.24, 2.45) is 5.18 Å². The fourth-order valence-corrected chi connectivity index (χ4v) is 11.9. The largest absolute Gasteiger partial charge is 0.377 e. The topological polar surface area (TPSA) is 68.1 Å². The first-order valence-electron chi connectivity index (χ1n) is 23.3. The number of nitroso groups, excluding NO2 is 1. The Bertz CT molecular complexity index is 3810. The molecule has 1 N–H and O–H groups in total. The van der Waals surface area contributed by atoms with E-state index in [-0.39, 0.29) is 0 Å². The summed E-state index contributed by atoms with van der Waals surface area (Å²) < 4.78 is 14.9. The predicted molar refractivity (Wildman–Crippen MR) is 279 cm³/mol. The highest BCUT2D eigenvalue weighted by Crippen LogP contribution is 2.57. The van der Waals surface area contributed by atoms with Gasteiger partial charge in [-0.25, -0.2) is 0 Å². The minimum Gasteiger partial charge on any atom is -0.377 e. The van der Waals surface area contributed by atoms with Crippen LogP contribution in [-0.2, 0) is 20.6 Å². The van der Waals surface area contributed by atoms with Crippen molar-refractivity contribution in [3.05, 3.63) is 246 Å². The van der Waals surface area contributed by atoms with Gasteiger partial charge in [0, 0.05) is 0 Å². The van der Waals surface area contributed by atoms with Crippen LogP contribution in [0, 0.1) is 4.91 Å². The first-order valence-corrected chi connectivity index (χ1v) is 23.3. The Labute approximate surface area is 392 Å². The highest BCUT2D eigenvalue weighted by Gasteiger charge is 2.64. The Morgan fingerprint density at radius 2 is 0.618 bits per heavy atom. The summed E-state index contributed by atoms with van der Waals surface area (Å²) in [5.41, 5.74) is -1.26. The minimum absolute atomic E-state index is 0.634. The summed E-state index contributed by atoms with van der Waals surface area (Å²) in [4.78, 5) is 15.4. The van der Waals surface area contributed by atoms with Gasteiger partial charge in [0.15, 0.2) is 11.3 Å². The lowest BCUT2D eigenvalue weighted by molar-refractivity contribution is -0.166. The van der Waals surface area contributed by atoms with E-state index in [4.69, 9.17) is 9.47 Å². The van der Waals surface area contributed by atoms with E-state index < -0.39 is 29.1 Å².